The third-order valence-electron chi connectivity index (χ3n) is 8.72. The van der Waals surface area contributed by atoms with Crippen LogP contribution < -0.4 is 4.74 Å². The van der Waals surface area contributed by atoms with E-state index >= 15 is 0 Å². The first-order chi connectivity index (χ1) is 19.1. The van der Waals surface area contributed by atoms with Crippen molar-refractivity contribution in [2.75, 3.05) is 13.1 Å². The number of thiophene rings is 1. The molecule has 3 rings (SSSR count). The molecule has 1 aromatic heterocycles. The van der Waals surface area contributed by atoms with E-state index in [1.807, 2.05) is 17.4 Å². The third kappa shape index (κ3) is 10.7. The maximum absolute atomic E-state index is 13.0. The molecule has 4 heteroatoms. The highest BCUT2D eigenvalue weighted by Gasteiger charge is 2.26. The molecular weight excluding hydrogens is 498 g/mol. The highest BCUT2D eigenvalue weighted by molar-refractivity contribution is 7.09. The minimum absolute atomic E-state index is 0.0474. The summed E-state index contributed by atoms with van der Waals surface area (Å²) < 4.78 is 6.03. The molecule has 218 valence electrons. The third-order valence-corrected chi connectivity index (χ3v) is 9.66. The monoisotopic (exact) mass is 553 g/mol. The predicted molar refractivity (Wildman–Crippen MR) is 168 cm³/mol. The zero-order valence-corrected chi connectivity index (χ0v) is 26.2. The topological polar surface area (TPSA) is 29.5 Å². The molecular formula is C35H55NO2S. The largest absolute Gasteiger partial charge is 0.426 e. The SMILES string of the molecule is CCCC(CCC)CCC(CCC)CCC(=O)Oc1cccc2c1CCC(N(CCC)CCc1cccs1)C2. The smallest absolute Gasteiger partial charge is 0.311 e. The summed E-state index contributed by atoms with van der Waals surface area (Å²) in [7, 11) is 0. The quantitative estimate of drug-likeness (QED) is 0.128. The maximum atomic E-state index is 13.0. The number of hydrogen-bond acceptors (Lipinski definition) is 4. The van der Waals surface area contributed by atoms with Crippen molar-refractivity contribution >= 4 is 17.3 Å². The van der Waals surface area contributed by atoms with Gasteiger partial charge in [-0.3, -0.25) is 9.69 Å². The van der Waals surface area contributed by atoms with E-state index in [2.05, 4.69) is 62.2 Å². The molecule has 0 saturated carbocycles. The second-order valence-electron chi connectivity index (χ2n) is 11.8. The first-order valence-corrected chi connectivity index (χ1v) is 17.0. The van der Waals surface area contributed by atoms with Crippen LogP contribution in [-0.4, -0.2) is 30.0 Å². The first kappa shape index (κ1) is 31.9. The van der Waals surface area contributed by atoms with Crippen molar-refractivity contribution in [2.45, 2.75) is 130 Å². The molecule has 2 unspecified atom stereocenters. The summed E-state index contributed by atoms with van der Waals surface area (Å²) in [5.74, 6) is 2.27. The number of carbonyl (C=O) groups excluding carboxylic acids is 1. The Balaban J connectivity index is 1.53. The average Bonchev–Trinajstić information content (AvgIpc) is 3.46. The highest BCUT2D eigenvalue weighted by atomic mass is 32.1. The molecule has 0 aliphatic heterocycles. The average molecular weight is 554 g/mol. The van der Waals surface area contributed by atoms with E-state index in [0.717, 1.165) is 56.9 Å². The lowest BCUT2D eigenvalue weighted by Gasteiger charge is -2.35. The molecule has 1 aromatic carbocycles. The van der Waals surface area contributed by atoms with Crippen molar-refractivity contribution in [1.82, 2.24) is 4.90 Å². The number of fused-ring (bicyclic) bond motifs is 1. The second-order valence-corrected chi connectivity index (χ2v) is 12.9. The minimum Gasteiger partial charge on any atom is -0.426 e. The Hall–Kier alpha value is -1.65. The van der Waals surface area contributed by atoms with Crippen LogP contribution in [-0.2, 0) is 24.1 Å². The molecule has 39 heavy (non-hydrogen) atoms. The summed E-state index contributed by atoms with van der Waals surface area (Å²) >= 11 is 1.87. The van der Waals surface area contributed by atoms with Crippen LogP contribution in [0.5, 0.6) is 5.75 Å². The maximum Gasteiger partial charge on any atom is 0.311 e. The summed E-state index contributed by atoms with van der Waals surface area (Å²) in [6, 6.07) is 11.3. The molecule has 0 spiro atoms. The van der Waals surface area contributed by atoms with Gasteiger partial charge in [0.2, 0.25) is 0 Å². The van der Waals surface area contributed by atoms with Gasteiger partial charge >= 0.3 is 5.97 Å². The van der Waals surface area contributed by atoms with Crippen LogP contribution in [0.15, 0.2) is 35.7 Å². The van der Waals surface area contributed by atoms with E-state index in [0.29, 0.717) is 18.4 Å². The van der Waals surface area contributed by atoms with E-state index < -0.39 is 0 Å². The van der Waals surface area contributed by atoms with Gasteiger partial charge < -0.3 is 4.74 Å². The van der Waals surface area contributed by atoms with Gasteiger partial charge in [-0.15, -0.1) is 11.3 Å². The Labute approximate surface area is 243 Å². The minimum atomic E-state index is -0.0474. The van der Waals surface area contributed by atoms with E-state index in [-0.39, 0.29) is 5.97 Å². The molecule has 0 radical (unpaired) electrons. The summed E-state index contributed by atoms with van der Waals surface area (Å²) in [6.45, 7) is 11.4. The van der Waals surface area contributed by atoms with Gasteiger partial charge in [0.15, 0.2) is 0 Å². The Morgan fingerprint density at radius 3 is 2.26 bits per heavy atom. The molecule has 3 nitrogen and oxygen atoms in total. The number of rotatable bonds is 19. The van der Waals surface area contributed by atoms with Gasteiger partial charge in [0.25, 0.3) is 0 Å². The summed E-state index contributed by atoms with van der Waals surface area (Å²) in [5, 5.41) is 2.18. The predicted octanol–water partition coefficient (Wildman–Crippen LogP) is 9.66. The van der Waals surface area contributed by atoms with Crippen LogP contribution >= 0.6 is 11.3 Å². The lowest BCUT2D eigenvalue weighted by Crippen LogP contribution is -2.41. The van der Waals surface area contributed by atoms with Crippen LogP contribution in [0.2, 0.25) is 0 Å². The van der Waals surface area contributed by atoms with Crippen molar-refractivity contribution in [1.29, 1.82) is 0 Å². The van der Waals surface area contributed by atoms with E-state index in [1.165, 1.54) is 73.8 Å². The highest BCUT2D eigenvalue weighted by Crippen LogP contribution is 2.33. The van der Waals surface area contributed by atoms with Gasteiger partial charge in [0.05, 0.1) is 0 Å². The first-order valence-electron chi connectivity index (χ1n) is 16.2. The van der Waals surface area contributed by atoms with Crippen molar-refractivity contribution in [3.05, 3.63) is 51.7 Å². The number of nitrogens with zero attached hydrogens (tertiary/aromatic N) is 1. The van der Waals surface area contributed by atoms with Crippen molar-refractivity contribution in [3.8, 4) is 5.75 Å². The van der Waals surface area contributed by atoms with Crippen LogP contribution in [0.25, 0.3) is 0 Å². The summed E-state index contributed by atoms with van der Waals surface area (Å²) in [4.78, 5) is 17.1. The fourth-order valence-electron chi connectivity index (χ4n) is 6.69. The normalized spacial score (nSPS) is 16.0. The van der Waals surface area contributed by atoms with Crippen LogP contribution in [0.4, 0.5) is 0 Å². The zero-order valence-electron chi connectivity index (χ0n) is 25.4. The number of esters is 1. The standard InChI is InChI=1S/C35H55NO2S/c1-5-11-28(12-6-2)17-18-29(13-7-3)19-22-35(37)38-34-16-9-14-30-27-31(20-21-33(30)34)36(24-8-4)25-23-32-15-10-26-39-32/h9-10,14-16,26,28-29,31H,5-8,11-13,17-25,27H2,1-4H3. The van der Waals surface area contributed by atoms with Crippen LogP contribution in [0.3, 0.4) is 0 Å². The molecule has 1 aliphatic rings. The van der Waals surface area contributed by atoms with Gasteiger partial charge in [-0.2, -0.15) is 0 Å². The molecule has 1 heterocycles. The molecule has 0 N–H and O–H groups in total. The molecule has 0 fully saturated rings. The Morgan fingerprint density at radius 1 is 0.897 bits per heavy atom. The Kier molecular flexibility index (Phi) is 14.6. The summed E-state index contributed by atoms with van der Waals surface area (Å²) in [6.07, 6.45) is 17.3. The van der Waals surface area contributed by atoms with Crippen LogP contribution in [0.1, 0.15) is 121 Å². The molecule has 1 aliphatic carbocycles. The molecule has 0 amide bonds. The van der Waals surface area contributed by atoms with Gasteiger partial charge in [-0.25, -0.2) is 0 Å². The zero-order chi connectivity index (χ0) is 27.9. The Bertz CT molecular complexity index is 934. The van der Waals surface area contributed by atoms with Gasteiger partial charge in [-0.1, -0.05) is 97.3 Å². The van der Waals surface area contributed by atoms with Gasteiger partial charge in [-0.05, 0) is 85.5 Å². The van der Waals surface area contributed by atoms with Crippen LogP contribution in [0, 0.1) is 11.8 Å². The van der Waals surface area contributed by atoms with E-state index in [4.69, 9.17) is 4.74 Å². The Morgan fingerprint density at radius 2 is 1.62 bits per heavy atom. The molecule has 2 atom stereocenters. The van der Waals surface area contributed by atoms with Crippen molar-refractivity contribution in [3.63, 3.8) is 0 Å². The van der Waals surface area contributed by atoms with E-state index in [1.54, 1.807) is 0 Å². The number of hydrogen-bond donors (Lipinski definition) is 0. The molecule has 2 aromatic rings. The molecule has 0 bridgehead atoms. The number of carbonyl (C=O) groups is 1. The van der Waals surface area contributed by atoms with Gasteiger partial charge in [0.1, 0.15) is 5.75 Å². The van der Waals surface area contributed by atoms with Crippen molar-refractivity contribution in [2.24, 2.45) is 11.8 Å². The lowest BCUT2D eigenvalue weighted by atomic mass is 9.86. The fraction of sp³-hybridized carbons (Fsp3) is 0.686. The summed E-state index contributed by atoms with van der Waals surface area (Å²) in [5.41, 5.74) is 2.64. The fourth-order valence-corrected chi connectivity index (χ4v) is 7.39. The molecule has 0 saturated heterocycles. The second kappa shape index (κ2) is 17.9. The van der Waals surface area contributed by atoms with E-state index in [9.17, 15) is 4.79 Å². The lowest BCUT2D eigenvalue weighted by molar-refractivity contribution is -0.134. The number of ether oxygens (including phenoxy) is 1. The van der Waals surface area contributed by atoms with Crippen molar-refractivity contribution < 1.29 is 9.53 Å². The number of benzene rings is 1. The van der Waals surface area contributed by atoms with Gasteiger partial charge in [0, 0.05) is 23.9 Å².